The average molecular weight is 430 g/mol. The Labute approximate surface area is 185 Å². The van der Waals surface area contributed by atoms with Crippen LogP contribution >= 0.6 is 0 Å². The SMILES string of the molecule is COc1cc(OC)c(CNCC2CCC(Nc3nccc(N(C)C)n3)CC2)c(OC)c1. The molecule has 1 saturated carbocycles. The van der Waals surface area contributed by atoms with Gasteiger partial charge in [-0.2, -0.15) is 4.98 Å². The topological polar surface area (TPSA) is 80.8 Å². The van der Waals surface area contributed by atoms with E-state index in [2.05, 4.69) is 20.6 Å². The Balaban J connectivity index is 1.47. The van der Waals surface area contributed by atoms with Gasteiger partial charge in [-0.05, 0) is 44.2 Å². The van der Waals surface area contributed by atoms with E-state index in [0.29, 0.717) is 24.5 Å². The summed E-state index contributed by atoms with van der Waals surface area (Å²) in [5.74, 6) is 4.56. The molecule has 1 aliphatic carbocycles. The fourth-order valence-electron chi connectivity index (χ4n) is 4.01. The second-order valence-electron chi connectivity index (χ2n) is 8.14. The molecule has 1 aromatic heterocycles. The van der Waals surface area contributed by atoms with E-state index in [1.165, 1.54) is 12.8 Å². The van der Waals surface area contributed by atoms with E-state index in [0.717, 1.165) is 48.0 Å². The summed E-state index contributed by atoms with van der Waals surface area (Å²) >= 11 is 0. The van der Waals surface area contributed by atoms with Gasteiger partial charge in [0, 0.05) is 45.0 Å². The van der Waals surface area contributed by atoms with Crippen LogP contribution in [0.5, 0.6) is 17.2 Å². The smallest absolute Gasteiger partial charge is 0.224 e. The maximum absolute atomic E-state index is 5.54. The lowest BCUT2D eigenvalue weighted by Crippen LogP contribution is -2.31. The minimum absolute atomic E-state index is 0.426. The molecule has 1 fully saturated rings. The molecule has 170 valence electrons. The summed E-state index contributed by atoms with van der Waals surface area (Å²) in [6.07, 6.45) is 6.40. The molecule has 1 aromatic carbocycles. The quantitative estimate of drug-likeness (QED) is 0.595. The monoisotopic (exact) mass is 429 g/mol. The van der Waals surface area contributed by atoms with Crippen LogP contribution in [0.2, 0.25) is 0 Å². The van der Waals surface area contributed by atoms with Crippen LogP contribution < -0.4 is 29.7 Å². The lowest BCUT2D eigenvalue weighted by atomic mass is 9.86. The number of hydrogen-bond acceptors (Lipinski definition) is 8. The Morgan fingerprint density at radius 2 is 1.68 bits per heavy atom. The number of benzene rings is 1. The minimum atomic E-state index is 0.426. The van der Waals surface area contributed by atoms with Gasteiger partial charge in [-0.1, -0.05) is 0 Å². The molecule has 1 heterocycles. The molecule has 0 bridgehead atoms. The summed E-state index contributed by atoms with van der Waals surface area (Å²) in [5.41, 5.74) is 1.01. The second kappa shape index (κ2) is 11.0. The van der Waals surface area contributed by atoms with Crippen molar-refractivity contribution in [2.45, 2.75) is 38.3 Å². The fourth-order valence-corrected chi connectivity index (χ4v) is 4.01. The Hall–Kier alpha value is -2.74. The van der Waals surface area contributed by atoms with Crippen LogP contribution in [0.15, 0.2) is 24.4 Å². The van der Waals surface area contributed by atoms with Crippen molar-refractivity contribution in [2.24, 2.45) is 5.92 Å². The minimum Gasteiger partial charge on any atom is -0.496 e. The Bertz CT molecular complexity index is 813. The lowest BCUT2D eigenvalue weighted by molar-refractivity contribution is 0.320. The van der Waals surface area contributed by atoms with Crippen molar-refractivity contribution in [3.05, 3.63) is 30.0 Å². The number of anilines is 2. The summed E-state index contributed by atoms with van der Waals surface area (Å²) in [6.45, 7) is 1.66. The number of nitrogens with zero attached hydrogens (tertiary/aromatic N) is 3. The summed E-state index contributed by atoms with van der Waals surface area (Å²) in [5, 5.41) is 7.10. The fraction of sp³-hybridized carbons (Fsp3) is 0.565. The van der Waals surface area contributed by atoms with E-state index in [1.807, 2.05) is 43.4 Å². The molecule has 0 radical (unpaired) electrons. The standard InChI is InChI=1S/C23H35N5O3/c1-28(2)22-10-11-25-23(27-22)26-17-8-6-16(7-9-17)14-24-15-19-20(30-4)12-18(29-3)13-21(19)31-5/h10-13,16-17,24H,6-9,14-15H2,1-5H3,(H,25,26,27). The zero-order valence-electron chi connectivity index (χ0n) is 19.3. The largest absolute Gasteiger partial charge is 0.496 e. The van der Waals surface area contributed by atoms with Gasteiger partial charge in [0.1, 0.15) is 23.1 Å². The van der Waals surface area contributed by atoms with Crippen LogP contribution in [-0.4, -0.2) is 58.0 Å². The molecule has 0 aliphatic heterocycles. The van der Waals surface area contributed by atoms with Crippen molar-refractivity contribution < 1.29 is 14.2 Å². The molecule has 8 heteroatoms. The lowest BCUT2D eigenvalue weighted by Gasteiger charge is -2.29. The highest BCUT2D eigenvalue weighted by Crippen LogP contribution is 2.34. The number of rotatable bonds is 10. The number of aromatic nitrogens is 2. The summed E-state index contributed by atoms with van der Waals surface area (Å²) in [7, 11) is 8.96. The van der Waals surface area contributed by atoms with Gasteiger partial charge < -0.3 is 29.7 Å². The first kappa shape index (κ1) is 22.9. The van der Waals surface area contributed by atoms with E-state index < -0.39 is 0 Å². The predicted molar refractivity (Wildman–Crippen MR) is 124 cm³/mol. The molecule has 0 spiro atoms. The van der Waals surface area contributed by atoms with Crippen molar-refractivity contribution >= 4 is 11.8 Å². The van der Waals surface area contributed by atoms with Crippen LogP contribution in [0.1, 0.15) is 31.2 Å². The Kier molecular flexibility index (Phi) is 8.17. The highest BCUT2D eigenvalue weighted by Gasteiger charge is 2.22. The van der Waals surface area contributed by atoms with Gasteiger partial charge in [0.15, 0.2) is 0 Å². The molecule has 8 nitrogen and oxygen atoms in total. The van der Waals surface area contributed by atoms with Crippen LogP contribution in [0, 0.1) is 5.92 Å². The normalized spacial score (nSPS) is 18.4. The number of ether oxygens (including phenoxy) is 3. The molecule has 0 amide bonds. The summed E-state index contributed by atoms with van der Waals surface area (Å²) < 4.78 is 16.4. The maximum atomic E-state index is 5.54. The average Bonchev–Trinajstić information content (AvgIpc) is 2.80. The van der Waals surface area contributed by atoms with Gasteiger partial charge in [0.25, 0.3) is 0 Å². The van der Waals surface area contributed by atoms with Crippen molar-refractivity contribution in [3.63, 3.8) is 0 Å². The molecule has 31 heavy (non-hydrogen) atoms. The third-order valence-corrected chi connectivity index (χ3v) is 5.83. The molecule has 2 N–H and O–H groups in total. The van der Waals surface area contributed by atoms with Crippen LogP contribution in [-0.2, 0) is 6.54 Å². The third kappa shape index (κ3) is 6.13. The highest BCUT2D eigenvalue weighted by atomic mass is 16.5. The molecule has 0 atom stereocenters. The Morgan fingerprint density at radius 3 is 2.26 bits per heavy atom. The van der Waals surface area contributed by atoms with Crippen molar-refractivity contribution in [3.8, 4) is 17.2 Å². The van der Waals surface area contributed by atoms with Gasteiger partial charge in [-0.25, -0.2) is 4.98 Å². The van der Waals surface area contributed by atoms with Gasteiger partial charge in [-0.15, -0.1) is 0 Å². The van der Waals surface area contributed by atoms with Crippen molar-refractivity contribution in [1.29, 1.82) is 0 Å². The van der Waals surface area contributed by atoms with Crippen LogP contribution in [0.4, 0.5) is 11.8 Å². The molecule has 0 saturated heterocycles. The third-order valence-electron chi connectivity index (χ3n) is 5.83. The zero-order chi connectivity index (χ0) is 22.2. The number of hydrogen-bond donors (Lipinski definition) is 2. The van der Waals surface area contributed by atoms with Crippen LogP contribution in [0.3, 0.4) is 0 Å². The van der Waals surface area contributed by atoms with Crippen molar-refractivity contribution in [2.75, 3.05) is 52.2 Å². The second-order valence-corrected chi connectivity index (χ2v) is 8.14. The molecule has 1 aliphatic rings. The molecule has 2 aromatic rings. The molecule has 0 unspecified atom stereocenters. The number of methoxy groups -OCH3 is 3. The first-order valence-corrected chi connectivity index (χ1v) is 10.8. The first-order chi connectivity index (χ1) is 15.0. The molecular weight excluding hydrogens is 394 g/mol. The zero-order valence-corrected chi connectivity index (χ0v) is 19.3. The van der Waals surface area contributed by atoms with E-state index in [9.17, 15) is 0 Å². The van der Waals surface area contributed by atoms with E-state index in [1.54, 1.807) is 21.3 Å². The van der Waals surface area contributed by atoms with Crippen LogP contribution in [0.25, 0.3) is 0 Å². The van der Waals surface area contributed by atoms with Gasteiger partial charge >= 0.3 is 0 Å². The van der Waals surface area contributed by atoms with E-state index in [-0.39, 0.29) is 0 Å². The first-order valence-electron chi connectivity index (χ1n) is 10.8. The van der Waals surface area contributed by atoms with Gasteiger partial charge in [0.2, 0.25) is 5.95 Å². The van der Waals surface area contributed by atoms with Crippen molar-refractivity contribution in [1.82, 2.24) is 15.3 Å². The predicted octanol–water partition coefficient (Wildman–Crippen LogP) is 3.33. The summed E-state index contributed by atoms with van der Waals surface area (Å²) in [4.78, 5) is 10.9. The van der Waals surface area contributed by atoms with Gasteiger partial charge in [-0.3, -0.25) is 0 Å². The highest BCUT2D eigenvalue weighted by molar-refractivity contribution is 5.50. The van der Waals surface area contributed by atoms with E-state index >= 15 is 0 Å². The number of nitrogens with one attached hydrogen (secondary N) is 2. The molecule has 3 rings (SSSR count). The van der Waals surface area contributed by atoms with E-state index in [4.69, 9.17) is 14.2 Å². The Morgan fingerprint density at radius 1 is 1.00 bits per heavy atom. The summed E-state index contributed by atoms with van der Waals surface area (Å²) in [6, 6.07) is 6.13. The van der Waals surface area contributed by atoms with Gasteiger partial charge in [0.05, 0.1) is 26.9 Å². The molecular formula is C23H35N5O3. The maximum Gasteiger partial charge on any atom is 0.224 e.